The van der Waals surface area contributed by atoms with Gasteiger partial charge in [0, 0.05) is 86.3 Å². The molecule has 0 bridgehead atoms. The van der Waals surface area contributed by atoms with Gasteiger partial charge in [0.25, 0.3) is 11.8 Å². The fourth-order valence-corrected chi connectivity index (χ4v) is 10.3. The third-order valence-corrected chi connectivity index (χ3v) is 13.9. The Morgan fingerprint density at radius 3 is 2.33 bits per heavy atom. The summed E-state index contributed by atoms with van der Waals surface area (Å²) in [6, 6.07) is 18.2. The van der Waals surface area contributed by atoms with E-state index in [1.54, 1.807) is 50.2 Å². The van der Waals surface area contributed by atoms with E-state index in [0.717, 1.165) is 61.0 Å². The van der Waals surface area contributed by atoms with Gasteiger partial charge >= 0.3 is 6.18 Å². The van der Waals surface area contributed by atoms with Gasteiger partial charge in [-0.2, -0.15) is 22.8 Å². The molecule has 0 spiro atoms. The monoisotopic (exact) mass is 899 g/mol. The van der Waals surface area contributed by atoms with Crippen LogP contribution in [0.1, 0.15) is 71.1 Å². The Kier molecular flexibility index (Phi) is 10.1. The highest BCUT2D eigenvalue weighted by Crippen LogP contribution is 2.48. The van der Waals surface area contributed by atoms with E-state index >= 15 is 4.39 Å². The molecule has 17 heteroatoms. The zero-order valence-electron chi connectivity index (χ0n) is 36.5. The number of carbonyl (C=O) groups excluding carboxylic acids is 4. The van der Waals surface area contributed by atoms with E-state index in [2.05, 4.69) is 26.7 Å². The molecule has 7 heterocycles. The highest BCUT2D eigenvalue weighted by molar-refractivity contribution is 6.28. The third kappa shape index (κ3) is 6.79. The molecular weight excluding hydrogens is 855 g/mol. The summed E-state index contributed by atoms with van der Waals surface area (Å²) in [7, 11) is 0. The maximum absolute atomic E-state index is 15.8. The number of carbonyl (C=O) groups is 4. The molecule has 3 aromatic carbocycles. The molecule has 338 valence electrons. The van der Waals surface area contributed by atoms with Gasteiger partial charge in [-0.25, -0.2) is 4.98 Å². The predicted molar refractivity (Wildman–Crippen MR) is 239 cm³/mol. The van der Waals surface area contributed by atoms with Crippen LogP contribution >= 0.6 is 0 Å². The van der Waals surface area contributed by atoms with Crippen molar-refractivity contribution >= 4 is 57.4 Å². The van der Waals surface area contributed by atoms with Gasteiger partial charge in [-0.1, -0.05) is 12.6 Å². The summed E-state index contributed by atoms with van der Waals surface area (Å²) < 4.78 is 59.1. The highest BCUT2D eigenvalue weighted by Gasteiger charge is 2.48. The number of benzene rings is 3. The van der Waals surface area contributed by atoms with Crippen LogP contribution in [0.3, 0.4) is 0 Å². The van der Waals surface area contributed by atoms with Crippen molar-refractivity contribution in [1.29, 1.82) is 5.26 Å². The Balaban J connectivity index is 0.766. The molecule has 3 saturated heterocycles. The lowest BCUT2D eigenvalue weighted by atomic mass is 9.85. The number of aromatic nitrogens is 2. The SMILES string of the molecule is C=C1CCC(N2C(=O)c3c(n(CC)c4cc(N5CCN(CC6CN(c7ccc(-c8ccc9c(c8)C(C)(C)C(=O)N9c8ccc(C#N)c(C(F)(F)F)c8)c(F)n7)C6)CC5)ccc34)C2=O)C(=O)N1. The number of anilines is 4. The average molecular weight is 900 g/mol. The van der Waals surface area contributed by atoms with Crippen molar-refractivity contribution in [3.63, 3.8) is 0 Å². The van der Waals surface area contributed by atoms with E-state index in [-0.39, 0.29) is 11.3 Å². The summed E-state index contributed by atoms with van der Waals surface area (Å²) in [5.41, 5.74) is 1.85. The maximum Gasteiger partial charge on any atom is 0.417 e. The molecule has 3 fully saturated rings. The van der Waals surface area contributed by atoms with Gasteiger partial charge in [0.1, 0.15) is 17.6 Å². The lowest BCUT2D eigenvalue weighted by molar-refractivity contribution is -0.137. The minimum absolute atomic E-state index is 0.0205. The molecule has 2 aromatic heterocycles. The standard InChI is InChI=1S/C49H45F4N9O4/c1-5-60-39-22-31(10-11-34(39)41-42(60)46(65)62(45(41)64)38-13-6-27(2)55-44(38)63)58-18-16-57(17-19-58)24-28-25-59(26-28)40-15-12-33(43(50)56-40)29-8-14-37-36(20-29)48(3,4)47(66)61(37)32-9-7-30(23-54)35(21-32)49(51,52)53/h7-12,14-15,20-22,28,38H,2,5-6,13,16-19,24-26H2,1,3-4H3,(H,55,63). The number of amides is 4. The number of nitriles is 1. The van der Waals surface area contributed by atoms with E-state index < -0.39 is 58.3 Å². The number of nitrogens with one attached hydrogen (secondary N) is 1. The van der Waals surface area contributed by atoms with Crippen molar-refractivity contribution in [1.82, 2.24) is 24.7 Å². The number of piperidine rings is 1. The number of pyridine rings is 1. The fraction of sp³-hybridized carbons (Fsp3) is 0.347. The van der Waals surface area contributed by atoms with Gasteiger partial charge in [0.15, 0.2) is 0 Å². The summed E-state index contributed by atoms with van der Waals surface area (Å²) in [6.07, 6.45) is -3.95. The Morgan fingerprint density at radius 2 is 1.65 bits per heavy atom. The second-order valence-corrected chi connectivity index (χ2v) is 18.2. The molecule has 5 aromatic rings. The van der Waals surface area contributed by atoms with Gasteiger partial charge < -0.3 is 19.7 Å². The first-order valence-electron chi connectivity index (χ1n) is 22.0. The van der Waals surface area contributed by atoms with Crippen LogP contribution in [-0.2, 0) is 27.7 Å². The molecule has 66 heavy (non-hydrogen) atoms. The zero-order valence-corrected chi connectivity index (χ0v) is 36.5. The maximum atomic E-state index is 15.8. The first-order valence-corrected chi connectivity index (χ1v) is 22.0. The van der Waals surface area contributed by atoms with Gasteiger partial charge in [0.2, 0.25) is 17.8 Å². The lowest BCUT2D eigenvalue weighted by Gasteiger charge is -2.44. The number of aryl methyl sites for hydroxylation is 1. The molecule has 0 saturated carbocycles. The van der Waals surface area contributed by atoms with Crippen LogP contribution in [0.2, 0.25) is 0 Å². The Morgan fingerprint density at radius 1 is 0.909 bits per heavy atom. The highest BCUT2D eigenvalue weighted by atomic mass is 19.4. The number of hydrogen-bond acceptors (Lipinski definition) is 9. The van der Waals surface area contributed by atoms with E-state index in [1.165, 1.54) is 11.0 Å². The topological polar surface area (TPSA) is 138 Å². The first-order chi connectivity index (χ1) is 31.5. The number of alkyl halides is 3. The van der Waals surface area contributed by atoms with E-state index in [4.69, 9.17) is 0 Å². The average Bonchev–Trinajstić information content (AvgIpc) is 3.81. The zero-order chi connectivity index (χ0) is 46.6. The van der Waals surface area contributed by atoms with Gasteiger partial charge in [0.05, 0.1) is 39.4 Å². The Labute approximate surface area is 377 Å². The molecule has 1 N–H and O–H groups in total. The normalized spacial score (nSPS) is 20.0. The van der Waals surface area contributed by atoms with Crippen LogP contribution < -0.4 is 20.0 Å². The van der Waals surface area contributed by atoms with Crippen molar-refractivity contribution in [2.24, 2.45) is 5.92 Å². The molecule has 5 aliphatic rings. The molecule has 4 amide bonds. The lowest BCUT2D eigenvalue weighted by Crippen LogP contribution is -2.55. The molecule has 0 aliphatic carbocycles. The van der Waals surface area contributed by atoms with Crippen molar-refractivity contribution in [2.45, 2.75) is 57.8 Å². The largest absolute Gasteiger partial charge is 0.417 e. The van der Waals surface area contributed by atoms with Crippen molar-refractivity contribution < 1.29 is 36.7 Å². The summed E-state index contributed by atoms with van der Waals surface area (Å²) >= 11 is 0. The Bertz CT molecular complexity index is 2980. The van der Waals surface area contributed by atoms with E-state index in [0.29, 0.717) is 83.4 Å². The molecule has 0 radical (unpaired) electrons. The molecule has 1 atom stereocenters. The number of halogens is 4. The second kappa shape index (κ2) is 15.5. The molecule has 10 rings (SSSR count). The minimum atomic E-state index is -4.80. The molecule has 1 unspecified atom stereocenters. The number of fused-ring (bicyclic) bond motifs is 4. The summed E-state index contributed by atoms with van der Waals surface area (Å²) in [6.45, 7) is 15.1. The second-order valence-electron chi connectivity index (χ2n) is 18.2. The van der Waals surface area contributed by atoms with Crippen molar-refractivity contribution in [3.8, 4) is 17.2 Å². The summed E-state index contributed by atoms with van der Waals surface area (Å²) in [5, 5.41) is 12.6. The van der Waals surface area contributed by atoms with Crippen LogP contribution in [0.4, 0.5) is 40.4 Å². The first kappa shape index (κ1) is 42.9. The number of hydrogen-bond donors (Lipinski definition) is 1. The van der Waals surface area contributed by atoms with Crippen LogP contribution in [0, 0.1) is 23.2 Å². The number of piperazine rings is 1. The number of rotatable bonds is 8. The third-order valence-electron chi connectivity index (χ3n) is 13.9. The summed E-state index contributed by atoms with van der Waals surface area (Å²) in [5.74, 6) is -1.53. The predicted octanol–water partition coefficient (Wildman–Crippen LogP) is 7.36. The van der Waals surface area contributed by atoms with E-state index in [1.807, 2.05) is 34.6 Å². The van der Waals surface area contributed by atoms with Crippen LogP contribution in [0.25, 0.3) is 22.0 Å². The van der Waals surface area contributed by atoms with Crippen LogP contribution in [0.5, 0.6) is 0 Å². The Hall–Kier alpha value is -7.06. The van der Waals surface area contributed by atoms with Crippen molar-refractivity contribution in [2.75, 3.05) is 60.5 Å². The smallest absolute Gasteiger partial charge is 0.369 e. The minimum Gasteiger partial charge on any atom is -0.369 e. The molecular formula is C49H45F4N9O4. The van der Waals surface area contributed by atoms with Gasteiger partial charge in [-0.15, -0.1) is 0 Å². The quantitative estimate of drug-likeness (QED) is 0.0963. The van der Waals surface area contributed by atoms with E-state index in [9.17, 15) is 37.6 Å². The molecule has 13 nitrogen and oxygen atoms in total. The summed E-state index contributed by atoms with van der Waals surface area (Å²) in [4.78, 5) is 67.4. The van der Waals surface area contributed by atoms with Crippen LogP contribution in [0.15, 0.2) is 79.0 Å². The number of nitrogens with zero attached hydrogens (tertiary/aromatic N) is 8. The number of imide groups is 1. The van der Waals surface area contributed by atoms with Crippen molar-refractivity contribution in [3.05, 3.63) is 113 Å². The van der Waals surface area contributed by atoms with Gasteiger partial charge in [-0.3, -0.25) is 33.9 Å². The fourth-order valence-electron chi connectivity index (χ4n) is 10.3. The number of allylic oxidation sites excluding steroid dienone is 1. The molecule has 5 aliphatic heterocycles. The van der Waals surface area contributed by atoms with Gasteiger partial charge in [-0.05, 0) is 105 Å². The van der Waals surface area contributed by atoms with Crippen LogP contribution in [-0.4, -0.2) is 94.8 Å².